The highest BCUT2D eigenvalue weighted by Crippen LogP contribution is 2.45. The van der Waals surface area contributed by atoms with E-state index in [2.05, 4.69) is 30.3 Å². The average molecular weight is 275 g/mol. The molecule has 0 bridgehead atoms. The van der Waals surface area contributed by atoms with E-state index in [0.717, 1.165) is 10.9 Å². The van der Waals surface area contributed by atoms with Crippen LogP contribution < -0.4 is 5.73 Å². The summed E-state index contributed by atoms with van der Waals surface area (Å²) < 4.78 is 26.8. The van der Waals surface area contributed by atoms with Crippen LogP contribution in [0.15, 0.2) is 42.5 Å². The van der Waals surface area contributed by atoms with Crippen molar-refractivity contribution in [1.82, 2.24) is 0 Å². The predicted octanol–water partition coefficient (Wildman–Crippen LogP) is 4.25. The fourth-order valence-electron chi connectivity index (χ4n) is 3.22. The highest BCUT2D eigenvalue weighted by molar-refractivity contribution is 5.83. The van der Waals surface area contributed by atoms with Crippen LogP contribution in [0, 0.1) is 0 Å². The van der Waals surface area contributed by atoms with E-state index in [1.165, 1.54) is 5.39 Å². The lowest BCUT2D eigenvalue weighted by molar-refractivity contribution is -0.0509. The van der Waals surface area contributed by atoms with Gasteiger partial charge in [-0.05, 0) is 29.2 Å². The average Bonchev–Trinajstić information content (AvgIpc) is 2.47. The third kappa shape index (κ3) is 2.31. The number of hydrogen-bond acceptors (Lipinski definition) is 1. The van der Waals surface area contributed by atoms with E-state index in [-0.39, 0.29) is 18.3 Å². The maximum absolute atomic E-state index is 13.4. The number of halogens is 2. The standard InChI is InChI=1S/C17H19F2N/c18-17(19)9-7-16(12-20,8-10-17)15-6-5-13-3-1-2-4-14(13)11-15/h1-6,11H,7-10,12,20H2. The predicted molar refractivity (Wildman–Crippen MR) is 78.1 cm³/mol. The number of rotatable bonds is 2. The lowest BCUT2D eigenvalue weighted by Gasteiger charge is -2.40. The molecule has 1 saturated carbocycles. The minimum absolute atomic E-state index is 0.0585. The normalized spacial score (nSPS) is 20.9. The molecule has 0 aromatic heterocycles. The van der Waals surface area contributed by atoms with Crippen LogP contribution in [0.25, 0.3) is 10.8 Å². The molecule has 0 saturated heterocycles. The summed E-state index contributed by atoms with van der Waals surface area (Å²) in [7, 11) is 0. The monoisotopic (exact) mass is 275 g/mol. The molecular weight excluding hydrogens is 256 g/mol. The van der Waals surface area contributed by atoms with Crippen molar-refractivity contribution in [1.29, 1.82) is 0 Å². The second-order valence-corrected chi connectivity index (χ2v) is 5.90. The van der Waals surface area contributed by atoms with Crippen molar-refractivity contribution < 1.29 is 8.78 Å². The van der Waals surface area contributed by atoms with Crippen LogP contribution in [0.2, 0.25) is 0 Å². The molecule has 2 aromatic carbocycles. The van der Waals surface area contributed by atoms with Gasteiger partial charge in [-0.1, -0.05) is 42.5 Å². The molecule has 0 radical (unpaired) electrons. The van der Waals surface area contributed by atoms with Crippen LogP contribution in [-0.2, 0) is 5.41 Å². The molecule has 0 unspecified atom stereocenters. The van der Waals surface area contributed by atoms with Gasteiger partial charge in [-0.15, -0.1) is 0 Å². The third-order valence-electron chi connectivity index (χ3n) is 4.69. The second kappa shape index (κ2) is 4.81. The van der Waals surface area contributed by atoms with Crippen molar-refractivity contribution in [2.45, 2.75) is 37.0 Å². The zero-order chi connectivity index (χ0) is 14.2. The fraction of sp³-hybridized carbons (Fsp3) is 0.412. The number of alkyl halides is 2. The largest absolute Gasteiger partial charge is 0.330 e. The van der Waals surface area contributed by atoms with Gasteiger partial charge in [0.1, 0.15) is 0 Å². The van der Waals surface area contributed by atoms with Gasteiger partial charge in [-0.2, -0.15) is 0 Å². The summed E-state index contributed by atoms with van der Waals surface area (Å²) in [6.07, 6.45) is 0.817. The van der Waals surface area contributed by atoms with E-state index < -0.39 is 5.92 Å². The van der Waals surface area contributed by atoms with Crippen molar-refractivity contribution in [2.75, 3.05) is 6.54 Å². The van der Waals surface area contributed by atoms with Gasteiger partial charge < -0.3 is 5.73 Å². The molecule has 2 N–H and O–H groups in total. The molecule has 0 amide bonds. The highest BCUT2D eigenvalue weighted by Gasteiger charge is 2.43. The fourth-order valence-corrected chi connectivity index (χ4v) is 3.22. The Morgan fingerprint density at radius 2 is 1.55 bits per heavy atom. The molecule has 3 rings (SSSR count). The first kappa shape index (κ1) is 13.5. The van der Waals surface area contributed by atoms with Crippen LogP contribution in [0.1, 0.15) is 31.2 Å². The van der Waals surface area contributed by atoms with Crippen LogP contribution in [0.4, 0.5) is 8.78 Å². The Hall–Kier alpha value is -1.48. The molecule has 3 heteroatoms. The molecule has 0 aliphatic heterocycles. The molecule has 1 aliphatic carbocycles. The second-order valence-electron chi connectivity index (χ2n) is 5.90. The summed E-state index contributed by atoms with van der Waals surface area (Å²) in [5.74, 6) is -2.52. The van der Waals surface area contributed by atoms with Gasteiger partial charge in [-0.3, -0.25) is 0 Å². The Kier molecular flexibility index (Phi) is 3.25. The molecule has 1 nitrogen and oxygen atoms in total. The molecule has 2 aromatic rings. The number of hydrogen-bond donors (Lipinski definition) is 1. The zero-order valence-electron chi connectivity index (χ0n) is 11.4. The van der Waals surface area contributed by atoms with Gasteiger partial charge in [0.2, 0.25) is 5.92 Å². The SMILES string of the molecule is NCC1(c2ccc3ccccc3c2)CCC(F)(F)CC1. The van der Waals surface area contributed by atoms with E-state index in [4.69, 9.17) is 5.73 Å². The molecule has 1 fully saturated rings. The topological polar surface area (TPSA) is 26.0 Å². The smallest absolute Gasteiger partial charge is 0.248 e. The summed E-state index contributed by atoms with van der Waals surface area (Å²) in [5, 5.41) is 2.32. The van der Waals surface area contributed by atoms with Crippen molar-refractivity contribution in [3.05, 3.63) is 48.0 Å². The molecule has 0 spiro atoms. The maximum atomic E-state index is 13.4. The van der Waals surface area contributed by atoms with Gasteiger partial charge in [0.25, 0.3) is 0 Å². The van der Waals surface area contributed by atoms with E-state index in [0.29, 0.717) is 19.4 Å². The molecular formula is C17H19F2N. The minimum Gasteiger partial charge on any atom is -0.330 e. The van der Waals surface area contributed by atoms with Gasteiger partial charge in [0.05, 0.1) is 0 Å². The first-order chi connectivity index (χ1) is 9.55. The zero-order valence-corrected chi connectivity index (χ0v) is 11.4. The Morgan fingerprint density at radius 3 is 2.20 bits per heavy atom. The highest BCUT2D eigenvalue weighted by atomic mass is 19.3. The Morgan fingerprint density at radius 1 is 0.900 bits per heavy atom. The summed E-state index contributed by atoms with van der Waals surface area (Å²) in [6.45, 7) is 0.432. The van der Waals surface area contributed by atoms with Crippen LogP contribution in [-0.4, -0.2) is 12.5 Å². The van der Waals surface area contributed by atoms with Crippen LogP contribution in [0.5, 0.6) is 0 Å². The quantitative estimate of drug-likeness (QED) is 0.871. The van der Waals surface area contributed by atoms with E-state index >= 15 is 0 Å². The first-order valence-electron chi connectivity index (χ1n) is 7.12. The summed E-state index contributed by atoms with van der Waals surface area (Å²) >= 11 is 0. The van der Waals surface area contributed by atoms with Crippen LogP contribution >= 0.6 is 0 Å². The van der Waals surface area contributed by atoms with Crippen molar-refractivity contribution >= 4 is 10.8 Å². The van der Waals surface area contributed by atoms with Gasteiger partial charge >= 0.3 is 0 Å². The van der Waals surface area contributed by atoms with Gasteiger partial charge in [0, 0.05) is 24.8 Å². The third-order valence-corrected chi connectivity index (χ3v) is 4.69. The Balaban J connectivity index is 1.99. The molecule has 20 heavy (non-hydrogen) atoms. The van der Waals surface area contributed by atoms with E-state index in [1.807, 2.05) is 12.1 Å². The van der Waals surface area contributed by atoms with Crippen LogP contribution in [0.3, 0.4) is 0 Å². The number of fused-ring (bicyclic) bond motifs is 1. The van der Waals surface area contributed by atoms with Crippen molar-refractivity contribution in [3.8, 4) is 0 Å². The number of nitrogens with two attached hydrogens (primary N) is 1. The molecule has 0 atom stereocenters. The summed E-state index contributed by atoms with van der Waals surface area (Å²) in [4.78, 5) is 0. The maximum Gasteiger partial charge on any atom is 0.248 e. The minimum atomic E-state index is -2.52. The first-order valence-corrected chi connectivity index (χ1v) is 7.12. The van der Waals surface area contributed by atoms with E-state index in [1.54, 1.807) is 0 Å². The lowest BCUT2D eigenvalue weighted by atomic mass is 9.68. The molecule has 1 aliphatic rings. The summed E-state index contributed by atoms with van der Waals surface area (Å²) in [6, 6.07) is 14.3. The lowest BCUT2D eigenvalue weighted by Crippen LogP contribution is -2.42. The number of benzene rings is 2. The molecule has 106 valence electrons. The summed E-state index contributed by atoms with van der Waals surface area (Å²) in [5.41, 5.74) is 6.78. The molecule has 0 heterocycles. The Bertz CT molecular complexity index is 611. The van der Waals surface area contributed by atoms with Gasteiger partial charge in [0.15, 0.2) is 0 Å². The van der Waals surface area contributed by atoms with Crippen molar-refractivity contribution in [3.63, 3.8) is 0 Å². The Labute approximate surface area is 117 Å². The van der Waals surface area contributed by atoms with Crippen molar-refractivity contribution in [2.24, 2.45) is 5.73 Å². The van der Waals surface area contributed by atoms with E-state index in [9.17, 15) is 8.78 Å². The van der Waals surface area contributed by atoms with Gasteiger partial charge in [-0.25, -0.2) is 8.78 Å².